The number of ether oxygens (including phenoxy) is 2. The lowest BCUT2D eigenvalue weighted by Crippen LogP contribution is -2.54. The van der Waals surface area contributed by atoms with Crippen LogP contribution < -0.4 is 4.90 Å². The summed E-state index contributed by atoms with van der Waals surface area (Å²) >= 11 is 3.98. The highest BCUT2D eigenvalue weighted by atomic mass is 79.9. The van der Waals surface area contributed by atoms with Crippen LogP contribution in [0.2, 0.25) is 0 Å². The molecule has 0 aromatic heterocycles. The first kappa shape index (κ1) is 17.6. The number of hydrogen-bond acceptors (Lipinski definition) is 3. The first-order chi connectivity index (χ1) is 12.3. The van der Waals surface area contributed by atoms with E-state index in [2.05, 4.69) is 22.0 Å². The normalized spacial score (nSPS) is 27.2. The lowest BCUT2D eigenvalue weighted by Gasteiger charge is -2.41. The van der Waals surface area contributed by atoms with Crippen molar-refractivity contribution in [2.75, 3.05) is 11.5 Å². The van der Waals surface area contributed by atoms with Gasteiger partial charge in [-0.2, -0.15) is 0 Å². The maximum absolute atomic E-state index is 13.3. The second kappa shape index (κ2) is 5.83. The molecule has 2 aromatic carbocycles. The summed E-state index contributed by atoms with van der Waals surface area (Å²) < 4.78 is 11.6. The average molecular weight is 416 g/mol. The lowest BCUT2D eigenvalue weighted by atomic mass is 9.86. The molecule has 0 spiro atoms. The summed E-state index contributed by atoms with van der Waals surface area (Å²) in [6.45, 7) is 6.17. The first-order valence-corrected chi connectivity index (χ1v) is 9.60. The number of anilines is 1. The van der Waals surface area contributed by atoms with Gasteiger partial charge in [0.2, 0.25) is 0 Å². The molecule has 2 aliphatic heterocycles. The van der Waals surface area contributed by atoms with Crippen LogP contribution in [0.4, 0.5) is 10.5 Å². The Balaban J connectivity index is 1.96. The predicted molar refractivity (Wildman–Crippen MR) is 104 cm³/mol. The molecule has 4 rings (SSSR count). The first-order valence-electron chi connectivity index (χ1n) is 8.81. The van der Waals surface area contributed by atoms with Crippen molar-refractivity contribution in [3.8, 4) is 0 Å². The number of hydrogen-bond donors (Lipinski definition) is 0. The number of halogens is 1. The van der Waals surface area contributed by atoms with E-state index in [9.17, 15) is 4.79 Å². The maximum atomic E-state index is 13.3. The van der Waals surface area contributed by atoms with Gasteiger partial charge in [0.15, 0.2) is 5.72 Å². The second-order valence-corrected chi connectivity index (χ2v) is 9.10. The maximum Gasteiger partial charge on any atom is 0.417 e. The fourth-order valence-electron chi connectivity index (χ4n) is 4.00. The van der Waals surface area contributed by atoms with Crippen LogP contribution in [0.15, 0.2) is 54.6 Å². The third-order valence-electron chi connectivity index (χ3n) is 4.92. The highest BCUT2D eigenvalue weighted by molar-refractivity contribution is 9.09. The Hall–Kier alpha value is -1.85. The number of amides is 1. The zero-order chi connectivity index (χ0) is 18.6. The van der Waals surface area contributed by atoms with E-state index in [0.29, 0.717) is 6.61 Å². The Morgan fingerprint density at radius 3 is 2.46 bits per heavy atom. The highest BCUT2D eigenvalue weighted by Gasteiger charge is 2.68. The summed E-state index contributed by atoms with van der Waals surface area (Å²) in [7, 11) is 0. The molecular weight excluding hydrogens is 394 g/mol. The van der Waals surface area contributed by atoms with Crippen molar-refractivity contribution in [3.63, 3.8) is 0 Å². The summed E-state index contributed by atoms with van der Waals surface area (Å²) in [5.74, 6) is 0. The SMILES string of the molecule is CC(C)(C)OC(=O)N1c2ccccc2[C@]2(Br)CCO[C@]12c1ccccc1. The molecular formula is C21H22BrNO3. The van der Waals surface area contributed by atoms with Crippen molar-refractivity contribution in [2.24, 2.45) is 0 Å². The molecule has 2 aliphatic rings. The molecule has 0 unspecified atom stereocenters. The van der Waals surface area contributed by atoms with E-state index in [1.165, 1.54) is 0 Å². The van der Waals surface area contributed by atoms with Gasteiger partial charge in [0.25, 0.3) is 0 Å². The van der Waals surface area contributed by atoms with E-state index >= 15 is 0 Å². The van der Waals surface area contributed by atoms with E-state index in [-0.39, 0.29) is 0 Å². The van der Waals surface area contributed by atoms with Gasteiger partial charge in [-0.05, 0) is 38.8 Å². The van der Waals surface area contributed by atoms with Crippen LogP contribution in [-0.4, -0.2) is 18.3 Å². The minimum atomic E-state index is -0.972. The highest BCUT2D eigenvalue weighted by Crippen LogP contribution is 2.65. The lowest BCUT2D eigenvalue weighted by molar-refractivity contribution is -0.0209. The molecule has 0 radical (unpaired) electrons. The van der Waals surface area contributed by atoms with Crippen LogP contribution in [-0.2, 0) is 19.5 Å². The van der Waals surface area contributed by atoms with Crippen LogP contribution in [0.25, 0.3) is 0 Å². The molecule has 5 heteroatoms. The Kier molecular flexibility index (Phi) is 3.93. The number of benzene rings is 2. The smallest absolute Gasteiger partial charge is 0.417 e. The van der Waals surface area contributed by atoms with Gasteiger partial charge in [-0.3, -0.25) is 0 Å². The number of para-hydroxylation sites is 1. The molecule has 0 bridgehead atoms. The van der Waals surface area contributed by atoms with Crippen LogP contribution >= 0.6 is 15.9 Å². The van der Waals surface area contributed by atoms with Gasteiger partial charge in [0, 0.05) is 5.56 Å². The van der Waals surface area contributed by atoms with E-state index in [4.69, 9.17) is 9.47 Å². The third-order valence-corrected chi connectivity index (χ3v) is 6.28. The van der Waals surface area contributed by atoms with Gasteiger partial charge < -0.3 is 9.47 Å². The van der Waals surface area contributed by atoms with Gasteiger partial charge in [-0.1, -0.05) is 64.5 Å². The predicted octanol–water partition coefficient (Wildman–Crippen LogP) is 5.31. The van der Waals surface area contributed by atoms with E-state index < -0.39 is 21.7 Å². The number of carbonyl (C=O) groups is 1. The number of carbonyl (C=O) groups excluding carboxylic acids is 1. The summed E-state index contributed by atoms with van der Waals surface area (Å²) in [6, 6.07) is 17.8. The van der Waals surface area contributed by atoms with Gasteiger partial charge in [0.1, 0.15) is 9.93 Å². The van der Waals surface area contributed by atoms with Gasteiger partial charge in [-0.25, -0.2) is 9.69 Å². The summed E-state index contributed by atoms with van der Waals surface area (Å²) in [5, 5.41) is 0. The van der Waals surface area contributed by atoms with Gasteiger partial charge in [0.05, 0.1) is 12.3 Å². The molecule has 1 amide bonds. The third kappa shape index (κ3) is 2.33. The Labute approximate surface area is 162 Å². The minimum Gasteiger partial charge on any atom is -0.443 e. The zero-order valence-electron chi connectivity index (χ0n) is 15.2. The molecule has 1 saturated heterocycles. The van der Waals surface area contributed by atoms with Crippen LogP contribution in [0.1, 0.15) is 38.3 Å². The van der Waals surface area contributed by atoms with Gasteiger partial charge >= 0.3 is 6.09 Å². The summed E-state index contributed by atoms with van der Waals surface area (Å²) in [6.07, 6.45) is 0.357. The molecule has 0 N–H and O–H groups in total. The van der Waals surface area contributed by atoms with Crippen LogP contribution in [0.3, 0.4) is 0 Å². The standard InChI is InChI=1S/C21H22BrNO3/c1-19(2,3)26-18(24)23-17-12-8-7-11-16(17)20(22)13-14-25-21(20,23)15-9-5-4-6-10-15/h4-12H,13-14H2,1-3H3/t20-,21+/m1/s1. The van der Waals surface area contributed by atoms with Crippen molar-refractivity contribution in [3.05, 3.63) is 65.7 Å². The summed E-state index contributed by atoms with van der Waals surface area (Å²) in [4.78, 5) is 15.0. The molecule has 1 fully saturated rings. The Morgan fingerprint density at radius 2 is 1.77 bits per heavy atom. The number of nitrogens with zero attached hydrogens (tertiary/aromatic N) is 1. The molecule has 136 valence electrons. The van der Waals surface area contributed by atoms with Crippen molar-refractivity contribution in [1.82, 2.24) is 0 Å². The Bertz CT molecular complexity index is 848. The van der Waals surface area contributed by atoms with Crippen molar-refractivity contribution in [2.45, 2.75) is 42.8 Å². The van der Waals surface area contributed by atoms with E-state index in [1.54, 1.807) is 4.90 Å². The number of fused-ring (bicyclic) bond motifs is 3. The number of rotatable bonds is 1. The second-order valence-electron chi connectivity index (χ2n) is 7.74. The van der Waals surface area contributed by atoms with Crippen molar-refractivity contribution >= 4 is 27.7 Å². The minimum absolute atomic E-state index is 0.406. The van der Waals surface area contributed by atoms with Crippen LogP contribution in [0, 0.1) is 0 Å². The number of alkyl halides is 1. The van der Waals surface area contributed by atoms with E-state index in [0.717, 1.165) is 23.2 Å². The topological polar surface area (TPSA) is 38.8 Å². The molecule has 2 heterocycles. The molecule has 26 heavy (non-hydrogen) atoms. The van der Waals surface area contributed by atoms with Crippen molar-refractivity contribution < 1.29 is 14.3 Å². The monoisotopic (exact) mass is 415 g/mol. The molecule has 0 saturated carbocycles. The molecule has 4 nitrogen and oxygen atoms in total. The molecule has 2 atom stereocenters. The van der Waals surface area contributed by atoms with Crippen LogP contribution in [0.5, 0.6) is 0 Å². The molecule has 2 aromatic rings. The van der Waals surface area contributed by atoms with E-state index in [1.807, 2.05) is 69.3 Å². The zero-order valence-corrected chi connectivity index (χ0v) is 16.7. The summed E-state index contributed by atoms with van der Waals surface area (Å²) in [5.41, 5.74) is 1.23. The Morgan fingerprint density at radius 1 is 1.12 bits per heavy atom. The largest absolute Gasteiger partial charge is 0.443 e. The average Bonchev–Trinajstić information content (AvgIpc) is 3.03. The van der Waals surface area contributed by atoms with Gasteiger partial charge in [-0.15, -0.1) is 0 Å². The molecule has 0 aliphatic carbocycles. The quantitative estimate of drug-likeness (QED) is 0.592. The fraction of sp³-hybridized carbons (Fsp3) is 0.381. The fourth-order valence-corrected chi connectivity index (χ4v) is 5.01. The van der Waals surface area contributed by atoms with Crippen molar-refractivity contribution in [1.29, 1.82) is 0 Å².